The summed E-state index contributed by atoms with van der Waals surface area (Å²) in [7, 11) is 1.58. The first-order valence-electron chi connectivity index (χ1n) is 9.75. The Morgan fingerprint density at radius 2 is 1.77 bits per heavy atom. The Kier molecular flexibility index (Phi) is 6.78. The number of piperidine rings is 1. The summed E-state index contributed by atoms with van der Waals surface area (Å²) in [6, 6.07) is 5.93. The summed E-state index contributed by atoms with van der Waals surface area (Å²) >= 11 is 0. The molecule has 0 unspecified atom stereocenters. The van der Waals surface area contributed by atoms with Crippen LogP contribution < -0.4 is 16.2 Å². The number of hydrogen-bond donors (Lipinski definition) is 2. The topological polar surface area (TPSA) is 101 Å². The lowest BCUT2D eigenvalue weighted by Gasteiger charge is -2.32. The highest BCUT2D eigenvalue weighted by atomic mass is 19.2. The first kappa shape index (κ1) is 22.1. The van der Waals surface area contributed by atoms with Crippen LogP contribution in [0.2, 0.25) is 0 Å². The molecule has 1 aromatic carbocycles. The second kappa shape index (κ2) is 9.50. The van der Waals surface area contributed by atoms with Crippen molar-refractivity contribution in [3.63, 3.8) is 0 Å². The molecular formula is C21H22F2N4O4. The van der Waals surface area contributed by atoms with Crippen LogP contribution in [-0.2, 0) is 16.6 Å². The molecule has 1 aromatic heterocycles. The number of nitrogens with one attached hydrogen (secondary N) is 2. The van der Waals surface area contributed by atoms with Gasteiger partial charge in [-0.1, -0.05) is 0 Å². The van der Waals surface area contributed by atoms with Crippen LogP contribution in [0.15, 0.2) is 41.3 Å². The molecule has 0 radical (unpaired) electrons. The van der Waals surface area contributed by atoms with Crippen LogP contribution >= 0.6 is 0 Å². The van der Waals surface area contributed by atoms with E-state index in [9.17, 15) is 28.0 Å². The summed E-state index contributed by atoms with van der Waals surface area (Å²) in [5, 5.41) is 4.72. The third-order valence-electron chi connectivity index (χ3n) is 5.19. The fraction of sp³-hybridized carbons (Fsp3) is 0.333. The van der Waals surface area contributed by atoms with Crippen molar-refractivity contribution in [2.75, 3.05) is 25.0 Å². The van der Waals surface area contributed by atoms with E-state index in [-0.39, 0.29) is 35.2 Å². The van der Waals surface area contributed by atoms with E-state index >= 15 is 0 Å². The van der Waals surface area contributed by atoms with Crippen molar-refractivity contribution in [2.45, 2.75) is 12.8 Å². The van der Waals surface area contributed by atoms with E-state index in [2.05, 4.69) is 10.6 Å². The number of halogens is 2. The third-order valence-corrected chi connectivity index (χ3v) is 5.19. The number of benzene rings is 1. The summed E-state index contributed by atoms with van der Waals surface area (Å²) in [4.78, 5) is 50.2. The van der Waals surface area contributed by atoms with Gasteiger partial charge in [0.05, 0.1) is 0 Å². The summed E-state index contributed by atoms with van der Waals surface area (Å²) in [5.74, 6) is -4.33. The average Bonchev–Trinajstić information content (AvgIpc) is 2.76. The zero-order valence-corrected chi connectivity index (χ0v) is 16.9. The number of likely N-dealkylation sites (tertiary alicyclic amines) is 1. The van der Waals surface area contributed by atoms with Crippen LogP contribution in [0.3, 0.4) is 0 Å². The molecule has 1 aliphatic rings. The second-order valence-corrected chi connectivity index (χ2v) is 7.37. The van der Waals surface area contributed by atoms with Crippen LogP contribution in [0.25, 0.3) is 0 Å². The first-order chi connectivity index (χ1) is 14.8. The van der Waals surface area contributed by atoms with Gasteiger partial charge in [-0.15, -0.1) is 0 Å². The molecule has 0 saturated carbocycles. The van der Waals surface area contributed by atoms with Crippen LogP contribution in [0.5, 0.6) is 0 Å². The molecule has 3 rings (SSSR count). The molecule has 3 amide bonds. The van der Waals surface area contributed by atoms with E-state index in [0.717, 1.165) is 18.2 Å². The number of carbonyl (C=O) groups is 3. The molecule has 1 fully saturated rings. The fourth-order valence-electron chi connectivity index (χ4n) is 3.35. The zero-order valence-electron chi connectivity index (χ0n) is 16.9. The number of aromatic nitrogens is 1. The number of nitrogens with zero attached hydrogens (tertiary/aromatic N) is 2. The Balaban J connectivity index is 1.46. The maximum absolute atomic E-state index is 13.2. The Bertz CT molecular complexity index is 1060. The molecule has 164 valence electrons. The van der Waals surface area contributed by atoms with Gasteiger partial charge in [-0.25, -0.2) is 8.78 Å². The van der Waals surface area contributed by atoms with Gasteiger partial charge in [-0.3, -0.25) is 19.2 Å². The van der Waals surface area contributed by atoms with E-state index in [1.165, 1.54) is 10.6 Å². The maximum atomic E-state index is 13.2. The van der Waals surface area contributed by atoms with E-state index in [0.29, 0.717) is 25.9 Å². The third kappa shape index (κ3) is 5.33. The van der Waals surface area contributed by atoms with E-state index in [4.69, 9.17) is 0 Å². The Morgan fingerprint density at radius 1 is 1.06 bits per heavy atom. The predicted octanol–water partition coefficient (Wildman–Crippen LogP) is 1.27. The highest BCUT2D eigenvalue weighted by molar-refractivity contribution is 6.39. The smallest absolute Gasteiger partial charge is 0.313 e. The normalized spacial score (nSPS) is 14.2. The van der Waals surface area contributed by atoms with E-state index in [1.807, 2.05) is 0 Å². The molecule has 0 atom stereocenters. The van der Waals surface area contributed by atoms with Crippen LogP contribution in [-0.4, -0.2) is 46.8 Å². The summed E-state index contributed by atoms with van der Waals surface area (Å²) in [5.41, 5.74) is -0.266. The standard InChI is InChI=1S/C21H22F2N4O4/c1-26-8-2-3-15(20(26)30)21(31)27-9-6-13(7-10-27)12-24-18(28)19(29)25-14-4-5-16(22)17(23)11-14/h2-5,8,11,13H,6-7,9-10,12H2,1H3,(H,24,28)(H,25,29). The molecule has 1 aliphatic heterocycles. The minimum absolute atomic E-state index is 0.0297. The SMILES string of the molecule is Cn1cccc(C(=O)N2CCC(CNC(=O)C(=O)Nc3ccc(F)c(F)c3)CC2)c1=O. The van der Waals surface area contributed by atoms with Gasteiger partial charge < -0.3 is 20.1 Å². The molecule has 1 saturated heterocycles. The van der Waals surface area contributed by atoms with Crippen LogP contribution in [0.1, 0.15) is 23.2 Å². The number of pyridine rings is 1. The molecule has 2 N–H and O–H groups in total. The summed E-state index contributed by atoms with van der Waals surface area (Å²) in [6.07, 6.45) is 2.78. The maximum Gasteiger partial charge on any atom is 0.313 e. The van der Waals surface area contributed by atoms with Gasteiger partial charge in [-0.05, 0) is 43.0 Å². The Labute approximate surface area is 176 Å². The number of amides is 3. The van der Waals surface area contributed by atoms with Crippen molar-refractivity contribution in [3.8, 4) is 0 Å². The van der Waals surface area contributed by atoms with Gasteiger partial charge in [0.1, 0.15) is 5.56 Å². The van der Waals surface area contributed by atoms with Crippen molar-refractivity contribution in [1.29, 1.82) is 0 Å². The molecule has 0 aliphatic carbocycles. The van der Waals surface area contributed by atoms with Crippen molar-refractivity contribution in [1.82, 2.24) is 14.8 Å². The van der Waals surface area contributed by atoms with Crippen molar-refractivity contribution >= 4 is 23.4 Å². The second-order valence-electron chi connectivity index (χ2n) is 7.37. The molecule has 10 heteroatoms. The Morgan fingerprint density at radius 3 is 2.45 bits per heavy atom. The lowest BCUT2D eigenvalue weighted by molar-refractivity contribution is -0.136. The van der Waals surface area contributed by atoms with Crippen molar-refractivity contribution in [3.05, 3.63) is 64.1 Å². The number of rotatable bonds is 4. The molecule has 0 bridgehead atoms. The van der Waals surface area contributed by atoms with Crippen molar-refractivity contribution < 1.29 is 23.2 Å². The van der Waals surface area contributed by atoms with Gasteiger partial charge in [0.2, 0.25) is 0 Å². The van der Waals surface area contributed by atoms with E-state index < -0.39 is 23.4 Å². The highest BCUT2D eigenvalue weighted by Gasteiger charge is 2.26. The molecular weight excluding hydrogens is 410 g/mol. The number of hydrogen-bond acceptors (Lipinski definition) is 4. The van der Waals surface area contributed by atoms with Crippen molar-refractivity contribution in [2.24, 2.45) is 13.0 Å². The minimum Gasteiger partial charge on any atom is -0.348 e. The van der Waals surface area contributed by atoms with Crippen LogP contribution in [0.4, 0.5) is 14.5 Å². The van der Waals surface area contributed by atoms with Gasteiger partial charge >= 0.3 is 11.8 Å². The lowest BCUT2D eigenvalue weighted by Crippen LogP contribution is -2.44. The predicted molar refractivity (Wildman–Crippen MR) is 108 cm³/mol. The molecule has 0 spiro atoms. The van der Waals surface area contributed by atoms with Crippen LogP contribution in [0, 0.1) is 17.6 Å². The fourth-order valence-corrected chi connectivity index (χ4v) is 3.35. The summed E-state index contributed by atoms with van der Waals surface area (Å²) in [6.45, 7) is 1.09. The van der Waals surface area contributed by atoms with E-state index in [1.54, 1.807) is 24.2 Å². The number of anilines is 1. The monoisotopic (exact) mass is 432 g/mol. The Hall–Kier alpha value is -3.56. The quantitative estimate of drug-likeness (QED) is 0.711. The molecule has 31 heavy (non-hydrogen) atoms. The van der Waals surface area contributed by atoms with Gasteiger partial charge in [-0.2, -0.15) is 0 Å². The summed E-state index contributed by atoms with van der Waals surface area (Å²) < 4.78 is 27.5. The average molecular weight is 432 g/mol. The molecule has 2 heterocycles. The number of aryl methyl sites for hydroxylation is 1. The largest absolute Gasteiger partial charge is 0.348 e. The van der Waals surface area contributed by atoms with Gasteiger partial charge in [0.15, 0.2) is 11.6 Å². The minimum atomic E-state index is -1.13. The highest BCUT2D eigenvalue weighted by Crippen LogP contribution is 2.18. The van der Waals surface area contributed by atoms with Gasteiger partial charge in [0, 0.05) is 44.6 Å². The molecule has 2 aromatic rings. The zero-order chi connectivity index (χ0) is 22.5. The lowest BCUT2D eigenvalue weighted by atomic mass is 9.96. The molecule has 8 nitrogen and oxygen atoms in total. The number of carbonyl (C=O) groups excluding carboxylic acids is 3. The first-order valence-corrected chi connectivity index (χ1v) is 9.75. The van der Waals surface area contributed by atoms with Gasteiger partial charge in [0.25, 0.3) is 11.5 Å².